The fraction of sp³-hybridized carbons (Fsp3) is 0.850. The third kappa shape index (κ3) is 4.57. The number of carbonyl (C=O) groups is 3. The Hall–Kier alpha value is -1.59. The molecule has 0 radical (unpaired) electrons. The summed E-state index contributed by atoms with van der Waals surface area (Å²) in [6.45, 7) is 5.05. The Bertz CT molecular complexity index is 537. The van der Waals surface area contributed by atoms with Crippen molar-refractivity contribution in [3.63, 3.8) is 0 Å². The van der Waals surface area contributed by atoms with Crippen molar-refractivity contribution in [2.24, 2.45) is 23.2 Å². The molecule has 6 nitrogen and oxygen atoms in total. The quantitative estimate of drug-likeness (QED) is 0.678. The van der Waals surface area contributed by atoms with Crippen LogP contribution in [0.4, 0.5) is 0 Å². The highest BCUT2D eigenvalue weighted by Crippen LogP contribution is 2.61. The van der Waals surface area contributed by atoms with E-state index in [1.165, 1.54) is 45.4 Å². The number of ether oxygens (including phenoxy) is 1. The van der Waals surface area contributed by atoms with E-state index in [9.17, 15) is 14.4 Å². The minimum Gasteiger partial charge on any atom is -0.451 e. The average Bonchev–Trinajstić information content (AvgIpc) is 2.50. The molecule has 146 valence electrons. The van der Waals surface area contributed by atoms with Crippen LogP contribution in [0.3, 0.4) is 0 Å². The Labute approximate surface area is 155 Å². The van der Waals surface area contributed by atoms with Crippen LogP contribution in [0.1, 0.15) is 65.7 Å². The maximum absolute atomic E-state index is 12.4. The van der Waals surface area contributed by atoms with Gasteiger partial charge >= 0.3 is 5.97 Å². The van der Waals surface area contributed by atoms with Gasteiger partial charge < -0.3 is 15.4 Å². The molecular formula is C20H32N2O4. The van der Waals surface area contributed by atoms with E-state index < -0.39 is 12.1 Å². The number of esters is 1. The van der Waals surface area contributed by atoms with Gasteiger partial charge in [-0.2, -0.15) is 0 Å². The monoisotopic (exact) mass is 364 g/mol. The summed E-state index contributed by atoms with van der Waals surface area (Å²) in [7, 11) is 0. The van der Waals surface area contributed by atoms with Gasteiger partial charge in [-0.25, -0.2) is 0 Å². The average molecular weight is 364 g/mol. The molecule has 4 aliphatic carbocycles. The molecule has 6 heteroatoms. The Morgan fingerprint density at radius 3 is 2.04 bits per heavy atom. The highest BCUT2D eigenvalue weighted by Gasteiger charge is 2.51. The van der Waals surface area contributed by atoms with Gasteiger partial charge in [-0.15, -0.1) is 0 Å². The van der Waals surface area contributed by atoms with Gasteiger partial charge in [0.2, 0.25) is 5.91 Å². The molecule has 0 aromatic rings. The summed E-state index contributed by atoms with van der Waals surface area (Å²) in [5.74, 6) is 1.45. The molecule has 4 bridgehead atoms. The van der Waals surface area contributed by atoms with Crippen molar-refractivity contribution in [2.75, 3.05) is 6.54 Å². The van der Waals surface area contributed by atoms with Crippen LogP contribution in [0.5, 0.6) is 0 Å². The normalized spacial score (nSPS) is 33.0. The molecule has 0 spiro atoms. The molecule has 0 aliphatic heterocycles. The van der Waals surface area contributed by atoms with Gasteiger partial charge in [-0.3, -0.25) is 14.4 Å². The van der Waals surface area contributed by atoms with Gasteiger partial charge in [-0.05, 0) is 82.5 Å². The van der Waals surface area contributed by atoms with Crippen molar-refractivity contribution in [1.82, 2.24) is 10.6 Å². The lowest BCUT2D eigenvalue weighted by atomic mass is 9.49. The molecule has 0 heterocycles. The second-order valence-electron chi connectivity index (χ2n) is 9.17. The number of hydrogen-bond acceptors (Lipinski definition) is 4. The summed E-state index contributed by atoms with van der Waals surface area (Å²) in [4.78, 5) is 36.1. The summed E-state index contributed by atoms with van der Waals surface area (Å²) in [6, 6.07) is -0.0105. The first-order valence-electron chi connectivity index (χ1n) is 10.0. The molecule has 4 aliphatic rings. The number of hydrogen-bond donors (Lipinski definition) is 2. The second kappa shape index (κ2) is 7.57. The van der Waals surface area contributed by atoms with Crippen molar-refractivity contribution in [3.8, 4) is 0 Å². The first kappa shape index (κ1) is 19.2. The van der Waals surface area contributed by atoms with Crippen LogP contribution in [-0.2, 0) is 19.1 Å². The molecule has 1 atom stereocenters. The standard InChI is InChI=1S/C20H32N2O4/c1-12(2)22-19(25)13(3)26-18(24)11-21-17(23)10-20-7-14-4-15(8-20)6-16(5-14)9-20/h12-16H,4-11H2,1-3H3,(H,21,23)(H,22,25)/t13-,14?,15?,16?,20?/m0/s1. The van der Waals surface area contributed by atoms with Crippen molar-refractivity contribution in [1.29, 1.82) is 0 Å². The molecule has 2 N–H and O–H groups in total. The Morgan fingerprint density at radius 2 is 1.54 bits per heavy atom. The molecule has 0 saturated heterocycles. The Balaban J connectivity index is 1.41. The molecule has 0 aromatic heterocycles. The van der Waals surface area contributed by atoms with Crippen molar-refractivity contribution < 1.29 is 19.1 Å². The minimum atomic E-state index is -0.857. The zero-order valence-electron chi connectivity index (χ0n) is 16.2. The molecular weight excluding hydrogens is 332 g/mol. The summed E-state index contributed by atoms with van der Waals surface area (Å²) in [5, 5.41) is 5.39. The van der Waals surface area contributed by atoms with Crippen LogP contribution in [0.15, 0.2) is 0 Å². The van der Waals surface area contributed by atoms with Gasteiger partial charge in [-0.1, -0.05) is 0 Å². The Kier molecular flexibility index (Phi) is 5.58. The van der Waals surface area contributed by atoms with Crippen LogP contribution in [-0.4, -0.2) is 36.5 Å². The zero-order valence-corrected chi connectivity index (χ0v) is 16.2. The topological polar surface area (TPSA) is 84.5 Å². The van der Waals surface area contributed by atoms with Gasteiger partial charge in [0.05, 0.1) is 0 Å². The molecule has 2 amide bonds. The summed E-state index contributed by atoms with van der Waals surface area (Å²) >= 11 is 0. The van der Waals surface area contributed by atoms with Gasteiger partial charge in [0.25, 0.3) is 5.91 Å². The van der Waals surface area contributed by atoms with Crippen LogP contribution in [0.25, 0.3) is 0 Å². The smallest absolute Gasteiger partial charge is 0.326 e. The van der Waals surface area contributed by atoms with E-state index in [1.54, 1.807) is 0 Å². The highest BCUT2D eigenvalue weighted by molar-refractivity contribution is 5.86. The van der Waals surface area contributed by atoms with Gasteiger partial charge in [0.1, 0.15) is 6.54 Å². The number of carbonyl (C=O) groups excluding carboxylic acids is 3. The summed E-state index contributed by atoms with van der Waals surface area (Å²) in [5.41, 5.74) is 0.160. The third-order valence-corrected chi connectivity index (χ3v) is 6.24. The van der Waals surface area contributed by atoms with E-state index in [2.05, 4.69) is 10.6 Å². The van der Waals surface area contributed by atoms with E-state index in [-0.39, 0.29) is 29.8 Å². The van der Waals surface area contributed by atoms with E-state index in [4.69, 9.17) is 4.74 Å². The SMILES string of the molecule is CC(C)NC(=O)[C@H](C)OC(=O)CNC(=O)CC12CC3CC(CC(C3)C1)C2. The first-order chi connectivity index (χ1) is 12.2. The minimum absolute atomic E-state index is 0.0105. The summed E-state index contributed by atoms with van der Waals surface area (Å²) < 4.78 is 5.09. The van der Waals surface area contributed by atoms with Gasteiger partial charge in [0, 0.05) is 12.5 Å². The van der Waals surface area contributed by atoms with Crippen LogP contribution >= 0.6 is 0 Å². The van der Waals surface area contributed by atoms with Crippen molar-refractivity contribution in [3.05, 3.63) is 0 Å². The molecule has 0 unspecified atom stereocenters. The van der Waals surface area contributed by atoms with E-state index in [1.807, 2.05) is 13.8 Å². The predicted molar refractivity (Wildman–Crippen MR) is 97.1 cm³/mol. The van der Waals surface area contributed by atoms with Crippen molar-refractivity contribution >= 4 is 17.8 Å². The predicted octanol–water partition coefficient (Wildman–Crippen LogP) is 2.17. The van der Waals surface area contributed by atoms with Crippen molar-refractivity contribution in [2.45, 2.75) is 77.9 Å². The van der Waals surface area contributed by atoms with Crippen LogP contribution in [0, 0.1) is 23.2 Å². The van der Waals surface area contributed by atoms with Crippen LogP contribution < -0.4 is 10.6 Å². The van der Waals surface area contributed by atoms with Crippen LogP contribution in [0.2, 0.25) is 0 Å². The highest BCUT2D eigenvalue weighted by atomic mass is 16.5. The van der Waals surface area contributed by atoms with E-state index in [0.717, 1.165) is 17.8 Å². The second-order valence-corrected chi connectivity index (χ2v) is 9.17. The molecule has 0 aromatic carbocycles. The number of amides is 2. The van der Waals surface area contributed by atoms with E-state index in [0.29, 0.717) is 6.42 Å². The lowest BCUT2D eigenvalue weighted by molar-refractivity contribution is -0.154. The first-order valence-corrected chi connectivity index (χ1v) is 10.0. The molecule has 4 saturated carbocycles. The fourth-order valence-electron chi connectivity index (χ4n) is 5.77. The largest absolute Gasteiger partial charge is 0.451 e. The summed E-state index contributed by atoms with van der Waals surface area (Å²) in [6.07, 6.45) is 7.23. The molecule has 4 rings (SSSR count). The molecule has 26 heavy (non-hydrogen) atoms. The Morgan fingerprint density at radius 1 is 1.00 bits per heavy atom. The van der Waals surface area contributed by atoms with Gasteiger partial charge in [0.15, 0.2) is 6.10 Å². The van der Waals surface area contributed by atoms with E-state index >= 15 is 0 Å². The fourth-order valence-corrected chi connectivity index (χ4v) is 5.77. The number of rotatable bonds is 7. The lowest BCUT2D eigenvalue weighted by Crippen LogP contribution is -2.48. The molecule has 4 fully saturated rings. The number of nitrogens with one attached hydrogen (secondary N) is 2. The third-order valence-electron chi connectivity index (χ3n) is 6.24. The maximum Gasteiger partial charge on any atom is 0.326 e. The lowest BCUT2D eigenvalue weighted by Gasteiger charge is -2.56. The maximum atomic E-state index is 12.4. The zero-order chi connectivity index (χ0) is 18.9.